The molecule has 0 aliphatic carbocycles. The maximum absolute atomic E-state index is 12.5. The fourth-order valence-corrected chi connectivity index (χ4v) is 4.02. The maximum atomic E-state index is 12.5. The zero-order valence-corrected chi connectivity index (χ0v) is 14.9. The summed E-state index contributed by atoms with van der Waals surface area (Å²) in [6, 6.07) is 14.9. The Balaban J connectivity index is 1.76. The molecule has 1 aliphatic heterocycles. The highest BCUT2D eigenvalue weighted by atomic mass is 32.2. The van der Waals surface area contributed by atoms with Crippen LogP contribution in [0.4, 0.5) is 11.4 Å². The molecule has 1 heterocycles. The molecule has 1 atom stereocenters. The standard InChI is InChI=1S/C19H21N3O2S/c1-13-10-11-22(16-8-4-5-9-17(16)25-13)12-18(23)21-15-7-3-2-6-14(15)19(20)24/h2-9,13H,10-12H2,1H3,(H2,20,24)(H,21,23). The number of fused-ring (bicyclic) bond motifs is 1. The van der Waals surface area contributed by atoms with E-state index in [9.17, 15) is 9.59 Å². The van der Waals surface area contributed by atoms with E-state index in [4.69, 9.17) is 5.73 Å². The van der Waals surface area contributed by atoms with Gasteiger partial charge in [0.05, 0.1) is 23.5 Å². The molecule has 25 heavy (non-hydrogen) atoms. The Morgan fingerprint density at radius 2 is 1.92 bits per heavy atom. The first-order chi connectivity index (χ1) is 12.0. The number of nitrogens with one attached hydrogen (secondary N) is 1. The lowest BCUT2D eigenvalue weighted by Crippen LogP contribution is -2.34. The third-order valence-corrected chi connectivity index (χ3v) is 5.38. The second-order valence-electron chi connectivity index (χ2n) is 6.06. The van der Waals surface area contributed by atoms with E-state index in [0.717, 1.165) is 18.7 Å². The molecular formula is C19H21N3O2S. The predicted octanol–water partition coefficient (Wildman–Crippen LogP) is 3.11. The van der Waals surface area contributed by atoms with Gasteiger partial charge in [-0.15, -0.1) is 11.8 Å². The highest BCUT2D eigenvalue weighted by molar-refractivity contribution is 8.00. The molecule has 5 nitrogen and oxygen atoms in total. The van der Waals surface area contributed by atoms with Crippen LogP contribution >= 0.6 is 11.8 Å². The van der Waals surface area contributed by atoms with E-state index in [-0.39, 0.29) is 12.5 Å². The number of amides is 2. The molecule has 1 unspecified atom stereocenters. The number of thioether (sulfide) groups is 1. The average Bonchev–Trinajstić information content (AvgIpc) is 2.74. The lowest BCUT2D eigenvalue weighted by atomic mass is 10.1. The molecule has 0 fully saturated rings. The molecule has 0 spiro atoms. The minimum absolute atomic E-state index is 0.164. The lowest BCUT2D eigenvalue weighted by Gasteiger charge is -2.24. The Morgan fingerprint density at radius 1 is 1.20 bits per heavy atom. The van der Waals surface area contributed by atoms with Crippen molar-refractivity contribution < 1.29 is 9.59 Å². The normalized spacial score (nSPS) is 16.7. The number of carbonyl (C=O) groups excluding carboxylic acids is 2. The number of para-hydroxylation sites is 2. The first-order valence-electron chi connectivity index (χ1n) is 8.24. The monoisotopic (exact) mass is 355 g/mol. The maximum Gasteiger partial charge on any atom is 0.250 e. The van der Waals surface area contributed by atoms with Crippen LogP contribution in [0.1, 0.15) is 23.7 Å². The van der Waals surface area contributed by atoms with Crippen LogP contribution in [0.3, 0.4) is 0 Å². The highest BCUT2D eigenvalue weighted by Gasteiger charge is 2.21. The van der Waals surface area contributed by atoms with Crippen LogP contribution in [0.25, 0.3) is 0 Å². The highest BCUT2D eigenvalue weighted by Crippen LogP contribution is 2.37. The van der Waals surface area contributed by atoms with Crippen molar-refractivity contribution in [3.63, 3.8) is 0 Å². The molecule has 0 saturated carbocycles. The molecule has 0 radical (unpaired) electrons. The number of benzene rings is 2. The zero-order valence-electron chi connectivity index (χ0n) is 14.1. The Labute approximate surface area is 151 Å². The quantitative estimate of drug-likeness (QED) is 0.884. The Morgan fingerprint density at radius 3 is 2.72 bits per heavy atom. The fraction of sp³-hybridized carbons (Fsp3) is 0.263. The van der Waals surface area contributed by atoms with Gasteiger partial charge in [-0.3, -0.25) is 9.59 Å². The van der Waals surface area contributed by atoms with Crippen molar-refractivity contribution >= 4 is 35.0 Å². The summed E-state index contributed by atoms with van der Waals surface area (Å²) in [6.07, 6.45) is 1.00. The average molecular weight is 355 g/mol. The molecule has 2 aromatic rings. The summed E-state index contributed by atoms with van der Waals surface area (Å²) >= 11 is 1.84. The number of nitrogens with zero attached hydrogens (tertiary/aromatic N) is 1. The van der Waals surface area contributed by atoms with Gasteiger partial charge < -0.3 is 16.0 Å². The molecule has 0 aromatic heterocycles. The number of nitrogens with two attached hydrogens (primary N) is 1. The lowest BCUT2D eigenvalue weighted by molar-refractivity contribution is -0.115. The minimum Gasteiger partial charge on any atom is -0.366 e. The molecule has 3 N–H and O–H groups in total. The van der Waals surface area contributed by atoms with Crippen LogP contribution in [0.2, 0.25) is 0 Å². The molecule has 0 saturated heterocycles. The third kappa shape index (κ3) is 4.14. The van der Waals surface area contributed by atoms with Gasteiger partial charge in [0.25, 0.3) is 5.91 Å². The minimum atomic E-state index is -0.554. The largest absolute Gasteiger partial charge is 0.366 e. The van der Waals surface area contributed by atoms with Crippen molar-refractivity contribution in [2.24, 2.45) is 5.73 Å². The van der Waals surface area contributed by atoms with Gasteiger partial charge in [-0.25, -0.2) is 0 Å². The molecule has 130 valence electrons. The smallest absolute Gasteiger partial charge is 0.250 e. The number of rotatable bonds is 4. The second kappa shape index (κ2) is 7.61. The summed E-state index contributed by atoms with van der Waals surface area (Å²) in [5.41, 5.74) is 7.22. The van der Waals surface area contributed by atoms with Gasteiger partial charge in [0, 0.05) is 16.7 Å². The van der Waals surface area contributed by atoms with E-state index in [1.807, 2.05) is 30.0 Å². The summed E-state index contributed by atoms with van der Waals surface area (Å²) in [5.74, 6) is -0.718. The Hall–Kier alpha value is -2.47. The van der Waals surface area contributed by atoms with Gasteiger partial charge in [-0.05, 0) is 30.7 Å². The summed E-state index contributed by atoms with van der Waals surface area (Å²) in [4.78, 5) is 27.3. The van der Waals surface area contributed by atoms with Gasteiger partial charge in [-0.1, -0.05) is 31.2 Å². The van der Waals surface area contributed by atoms with Crippen molar-refractivity contribution in [1.82, 2.24) is 0 Å². The van der Waals surface area contributed by atoms with E-state index in [1.54, 1.807) is 24.3 Å². The number of carbonyl (C=O) groups is 2. The molecule has 1 aliphatic rings. The fourth-order valence-electron chi connectivity index (χ4n) is 2.89. The molecule has 2 aromatic carbocycles. The number of anilines is 2. The van der Waals surface area contributed by atoms with Gasteiger partial charge >= 0.3 is 0 Å². The molecule has 2 amide bonds. The van der Waals surface area contributed by atoms with Gasteiger partial charge in [0.2, 0.25) is 5.91 Å². The third-order valence-electron chi connectivity index (χ3n) is 4.14. The summed E-state index contributed by atoms with van der Waals surface area (Å²) in [7, 11) is 0. The Kier molecular flexibility index (Phi) is 5.28. The second-order valence-corrected chi connectivity index (χ2v) is 7.54. The number of hydrogen-bond donors (Lipinski definition) is 2. The van der Waals surface area contributed by atoms with Crippen molar-refractivity contribution in [2.45, 2.75) is 23.5 Å². The zero-order chi connectivity index (χ0) is 17.8. The van der Waals surface area contributed by atoms with Crippen molar-refractivity contribution in [3.05, 3.63) is 54.1 Å². The van der Waals surface area contributed by atoms with Crippen molar-refractivity contribution in [1.29, 1.82) is 0 Å². The molecule has 0 bridgehead atoms. The summed E-state index contributed by atoms with van der Waals surface area (Å²) in [6.45, 7) is 3.25. The number of primary amides is 1. The van der Waals surface area contributed by atoms with Gasteiger partial charge in [0.1, 0.15) is 0 Å². The van der Waals surface area contributed by atoms with Crippen LogP contribution in [0, 0.1) is 0 Å². The van der Waals surface area contributed by atoms with Crippen LogP contribution in [-0.4, -0.2) is 30.2 Å². The molecular weight excluding hydrogens is 334 g/mol. The van der Waals surface area contributed by atoms with Crippen LogP contribution < -0.4 is 16.0 Å². The van der Waals surface area contributed by atoms with E-state index in [2.05, 4.69) is 23.2 Å². The predicted molar refractivity (Wildman–Crippen MR) is 102 cm³/mol. The van der Waals surface area contributed by atoms with Crippen molar-refractivity contribution in [2.75, 3.05) is 23.3 Å². The van der Waals surface area contributed by atoms with E-state index < -0.39 is 5.91 Å². The molecule has 6 heteroatoms. The summed E-state index contributed by atoms with van der Waals surface area (Å²) in [5, 5.41) is 3.32. The van der Waals surface area contributed by atoms with E-state index >= 15 is 0 Å². The van der Waals surface area contributed by atoms with Crippen LogP contribution in [0.15, 0.2) is 53.4 Å². The first-order valence-corrected chi connectivity index (χ1v) is 9.12. The molecule has 3 rings (SSSR count). The Bertz CT molecular complexity index is 794. The van der Waals surface area contributed by atoms with Crippen LogP contribution in [-0.2, 0) is 4.79 Å². The number of hydrogen-bond acceptors (Lipinski definition) is 4. The SMILES string of the molecule is CC1CCN(CC(=O)Nc2ccccc2C(N)=O)c2ccccc2S1. The van der Waals surface area contributed by atoms with E-state index in [1.165, 1.54) is 4.90 Å². The van der Waals surface area contributed by atoms with Crippen LogP contribution in [0.5, 0.6) is 0 Å². The first kappa shape index (κ1) is 17.4. The van der Waals surface area contributed by atoms with E-state index in [0.29, 0.717) is 16.5 Å². The van der Waals surface area contributed by atoms with Gasteiger partial charge in [-0.2, -0.15) is 0 Å². The van der Waals surface area contributed by atoms with Gasteiger partial charge in [0.15, 0.2) is 0 Å². The van der Waals surface area contributed by atoms with Crippen molar-refractivity contribution in [3.8, 4) is 0 Å². The summed E-state index contributed by atoms with van der Waals surface area (Å²) < 4.78 is 0. The topological polar surface area (TPSA) is 75.4 Å².